The van der Waals surface area contributed by atoms with E-state index in [0.29, 0.717) is 37.8 Å². The van der Waals surface area contributed by atoms with Crippen molar-refractivity contribution in [3.63, 3.8) is 0 Å². The molecule has 0 atom stereocenters. The van der Waals surface area contributed by atoms with Crippen LogP contribution in [0.25, 0.3) is 42.0 Å². The molecule has 0 unspecified atom stereocenters. The van der Waals surface area contributed by atoms with E-state index in [1.165, 1.54) is 44.4 Å². The molecule has 10 rings (SSSR count). The van der Waals surface area contributed by atoms with Gasteiger partial charge in [0.15, 0.2) is 0 Å². The second-order valence-corrected chi connectivity index (χ2v) is 22.9. The van der Waals surface area contributed by atoms with Crippen LogP contribution in [0.4, 0.5) is 11.4 Å². The second-order valence-electron chi connectivity index (χ2n) is 21.0. The third-order valence-corrected chi connectivity index (χ3v) is 17.1. The molecule has 2 aliphatic heterocycles. The van der Waals surface area contributed by atoms with Gasteiger partial charge < -0.3 is 28.7 Å². The van der Waals surface area contributed by atoms with Gasteiger partial charge in [-0.2, -0.15) is 0 Å². The zero-order chi connectivity index (χ0) is 53.1. The lowest BCUT2D eigenvalue weighted by Crippen LogP contribution is -2.46. The van der Waals surface area contributed by atoms with Crippen molar-refractivity contribution in [1.29, 1.82) is 0 Å². The molecule has 6 heterocycles. The van der Waals surface area contributed by atoms with Crippen LogP contribution in [-0.2, 0) is 9.59 Å². The standard InChI is InChI=1S/C64H76N6O6S2/c71-63(75-61-29-25-49-23-27-51(47-55(49)65-61)73-43-13-11-33-67-35-39-69(40-36-67)57-17-15-19-59-53(57)31-45-77-59)21-9-7-5-3-1-2-4-6-8-10-22-64(72)76-62-30-26-50-24-28-52(48-56(50)66-62)74-44-14-12-34-68-37-41-70(42-38-68)58-18-16-20-60-54(58)32-46-78-60/h15-20,23-32,45-48H,1-14,21-22,33-44H2. The quantitative estimate of drug-likeness (QED) is 0.0329. The van der Waals surface area contributed by atoms with Crippen LogP contribution in [-0.4, -0.2) is 110 Å². The Morgan fingerprint density at radius 2 is 0.846 bits per heavy atom. The Morgan fingerprint density at radius 3 is 1.28 bits per heavy atom. The van der Waals surface area contributed by atoms with Crippen LogP contribution >= 0.6 is 22.7 Å². The Hall–Kier alpha value is -6.32. The van der Waals surface area contributed by atoms with Crippen LogP contribution in [0.1, 0.15) is 103 Å². The van der Waals surface area contributed by atoms with E-state index < -0.39 is 0 Å². The summed E-state index contributed by atoms with van der Waals surface area (Å²) in [5.74, 6) is 1.74. The number of ether oxygens (including phenoxy) is 4. The summed E-state index contributed by atoms with van der Waals surface area (Å²) in [6.07, 6.45) is 15.4. The van der Waals surface area contributed by atoms with E-state index in [1.54, 1.807) is 12.1 Å². The minimum absolute atomic E-state index is 0.242. The number of benzene rings is 4. The average Bonchev–Trinajstić information content (AvgIpc) is 4.17. The van der Waals surface area contributed by atoms with Crippen LogP contribution in [0, 0.1) is 0 Å². The molecule has 0 spiro atoms. The maximum atomic E-state index is 12.7. The first-order valence-electron chi connectivity index (χ1n) is 28.8. The monoisotopic (exact) mass is 1090 g/mol. The highest BCUT2D eigenvalue weighted by Crippen LogP contribution is 2.33. The van der Waals surface area contributed by atoms with Gasteiger partial charge in [-0.05, 0) is 135 Å². The summed E-state index contributed by atoms with van der Waals surface area (Å²) in [6, 6.07) is 37.1. The Balaban J connectivity index is 0.519. The summed E-state index contributed by atoms with van der Waals surface area (Å²) in [5.41, 5.74) is 4.24. The lowest BCUT2D eigenvalue weighted by atomic mass is 10.1. The molecule has 0 aliphatic carbocycles. The number of esters is 2. The van der Waals surface area contributed by atoms with Crippen LogP contribution in [0.15, 0.2) is 120 Å². The van der Waals surface area contributed by atoms with Gasteiger partial charge in [-0.25, -0.2) is 9.97 Å². The Bertz CT molecular complexity index is 2970. The summed E-state index contributed by atoms with van der Waals surface area (Å²) in [5, 5.41) is 9.08. The van der Waals surface area contributed by atoms with Gasteiger partial charge in [0.1, 0.15) is 11.5 Å². The number of fused-ring (bicyclic) bond motifs is 4. The minimum Gasteiger partial charge on any atom is -0.494 e. The van der Waals surface area contributed by atoms with Crippen molar-refractivity contribution in [2.75, 3.05) is 88.5 Å². The number of pyridine rings is 2. The molecule has 4 aromatic heterocycles. The maximum Gasteiger partial charge on any atom is 0.312 e. The fourth-order valence-corrected chi connectivity index (χ4v) is 12.5. The van der Waals surface area contributed by atoms with E-state index in [0.717, 1.165) is 176 Å². The molecule has 2 saturated heterocycles. The molecule has 2 aliphatic rings. The zero-order valence-electron chi connectivity index (χ0n) is 45.3. The van der Waals surface area contributed by atoms with E-state index >= 15 is 0 Å². The number of rotatable bonds is 29. The van der Waals surface area contributed by atoms with Gasteiger partial charge >= 0.3 is 11.9 Å². The van der Waals surface area contributed by atoms with Crippen LogP contribution in [0.3, 0.4) is 0 Å². The summed E-state index contributed by atoms with van der Waals surface area (Å²) in [4.78, 5) is 44.8. The topological polar surface area (TPSA) is 110 Å². The molecule has 2 fully saturated rings. The van der Waals surface area contributed by atoms with Crippen molar-refractivity contribution >= 4 is 88.0 Å². The maximum absolute atomic E-state index is 12.7. The zero-order valence-corrected chi connectivity index (χ0v) is 46.9. The largest absolute Gasteiger partial charge is 0.494 e. The van der Waals surface area contributed by atoms with Crippen molar-refractivity contribution in [1.82, 2.24) is 19.8 Å². The van der Waals surface area contributed by atoms with Crippen LogP contribution in [0.5, 0.6) is 23.3 Å². The number of hydrogen-bond acceptors (Lipinski definition) is 14. The molecule has 4 aromatic carbocycles. The molecule has 8 aromatic rings. The van der Waals surface area contributed by atoms with Gasteiger partial charge in [0.25, 0.3) is 0 Å². The van der Waals surface area contributed by atoms with Gasteiger partial charge in [-0.15, -0.1) is 22.7 Å². The molecule has 0 radical (unpaired) electrons. The number of nitrogens with zero attached hydrogens (tertiary/aromatic N) is 6. The van der Waals surface area contributed by atoms with Gasteiger partial charge in [0, 0.05) is 132 Å². The number of piperazine rings is 2. The number of aromatic nitrogens is 2. The van der Waals surface area contributed by atoms with Gasteiger partial charge in [-0.1, -0.05) is 63.5 Å². The number of anilines is 2. The van der Waals surface area contributed by atoms with E-state index in [9.17, 15) is 9.59 Å². The number of unbranched alkanes of at least 4 members (excludes halogenated alkanes) is 11. The number of carbonyl (C=O) groups is 2. The van der Waals surface area contributed by atoms with E-state index in [-0.39, 0.29) is 11.9 Å². The highest BCUT2D eigenvalue weighted by Gasteiger charge is 2.21. The smallest absolute Gasteiger partial charge is 0.312 e. The molecule has 0 N–H and O–H groups in total. The Kier molecular flexibility index (Phi) is 20.1. The second kappa shape index (κ2) is 28.5. The normalized spacial score (nSPS) is 14.5. The fourth-order valence-electron chi connectivity index (χ4n) is 10.9. The molecule has 12 nitrogen and oxygen atoms in total. The summed E-state index contributed by atoms with van der Waals surface area (Å²) in [6.45, 7) is 12.0. The Labute approximate surface area is 468 Å². The van der Waals surface area contributed by atoms with Gasteiger partial charge in [-0.3, -0.25) is 19.4 Å². The van der Waals surface area contributed by atoms with Crippen molar-refractivity contribution in [2.45, 2.75) is 103 Å². The molecule has 0 bridgehead atoms. The number of carbonyl (C=O) groups excluding carboxylic acids is 2. The first-order chi connectivity index (χ1) is 38.5. The van der Waals surface area contributed by atoms with Gasteiger partial charge in [0.05, 0.1) is 24.2 Å². The third kappa shape index (κ3) is 15.7. The number of hydrogen-bond donors (Lipinski definition) is 0. The highest BCUT2D eigenvalue weighted by molar-refractivity contribution is 7.17. The summed E-state index contributed by atoms with van der Waals surface area (Å²) in [7, 11) is 0. The third-order valence-electron chi connectivity index (χ3n) is 15.4. The van der Waals surface area contributed by atoms with Crippen molar-refractivity contribution in [2.24, 2.45) is 0 Å². The number of thiophene rings is 2. The first kappa shape index (κ1) is 55.0. The lowest BCUT2D eigenvalue weighted by molar-refractivity contribution is -0.135. The molecule has 0 saturated carbocycles. The molecule has 410 valence electrons. The lowest BCUT2D eigenvalue weighted by Gasteiger charge is -2.36. The van der Waals surface area contributed by atoms with Crippen molar-refractivity contribution in [3.05, 3.63) is 120 Å². The van der Waals surface area contributed by atoms with Gasteiger partial charge in [0.2, 0.25) is 11.8 Å². The average molecular weight is 1090 g/mol. The van der Waals surface area contributed by atoms with E-state index in [1.807, 2.05) is 71.2 Å². The first-order valence-corrected chi connectivity index (χ1v) is 30.6. The fraction of sp³-hybridized carbons (Fsp3) is 0.438. The Morgan fingerprint density at radius 1 is 0.436 bits per heavy atom. The molecular formula is C64H76N6O6S2. The molecule has 14 heteroatoms. The molecule has 78 heavy (non-hydrogen) atoms. The summed E-state index contributed by atoms with van der Waals surface area (Å²) >= 11 is 3.62. The van der Waals surface area contributed by atoms with Crippen LogP contribution < -0.4 is 28.7 Å². The SMILES string of the molecule is O=C(CCCCCCCCCCCCC(=O)Oc1ccc2ccc(OCCCCN3CCN(c4cccc5sccc45)CC3)cc2n1)Oc1ccc2ccc(OCCCCN3CCN(c4cccc5sccc45)CC3)cc2n1. The molecular weight excluding hydrogens is 1010 g/mol. The summed E-state index contributed by atoms with van der Waals surface area (Å²) < 4.78 is 26.3. The van der Waals surface area contributed by atoms with E-state index in [2.05, 4.69) is 88.9 Å². The van der Waals surface area contributed by atoms with Crippen LogP contribution in [0.2, 0.25) is 0 Å². The predicted octanol–water partition coefficient (Wildman–Crippen LogP) is 14.4. The molecule has 0 amide bonds. The minimum atomic E-state index is -0.242. The van der Waals surface area contributed by atoms with Crippen molar-refractivity contribution in [3.8, 4) is 23.3 Å². The predicted molar refractivity (Wildman–Crippen MR) is 321 cm³/mol. The van der Waals surface area contributed by atoms with Crippen molar-refractivity contribution < 1.29 is 28.5 Å². The van der Waals surface area contributed by atoms with E-state index in [4.69, 9.17) is 18.9 Å². The highest BCUT2D eigenvalue weighted by atomic mass is 32.1.